The first kappa shape index (κ1) is 19.1. The summed E-state index contributed by atoms with van der Waals surface area (Å²) in [6, 6.07) is 8.42. The molecule has 146 valence electrons. The van der Waals surface area contributed by atoms with Crippen LogP contribution in [-0.2, 0) is 23.3 Å². The molecule has 3 heterocycles. The van der Waals surface area contributed by atoms with E-state index in [0.717, 1.165) is 62.6 Å². The molecule has 0 aliphatic carbocycles. The van der Waals surface area contributed by atoms with E-state index in [4.69, 9.17) is 14.8 Å². The maximum Gasteiger partial charge on any atom is 0.125 e. The van der Waals surface area contributed by atoms with Crippen molar-refractivity contribution >= 4 is 0 Å². The smallest absolute Gasteiger partial charge is 0.125 e. The highest BCUT2D eigenvalue weighted by atomic mass is 16.5. The van der Waals surface area contributed by atoms with Gasteiger partial charge in [0.15, 0.2) is 0 Å². The topological polar surface area (TPSA) is 58.5 Å². The molecule has 2 aliphatic rings. The Morgan fingerprint density at radius 3 is 2.75 bits per heavy atom. The third-order valence-electron chi connectivity index (χ3n) is 5.66. The molecule has 28 heavy (non-hydrogen) atoms. The molecule has 1 N–H and O–H groups in total. The van der Waals surface area contributed by atoms with Crippen molar-refractivity contribution in [3.8, 4) is 11.8 Å². The van der Waals surface area contributed by atoms with E-state index in [1.165, 1.54) is 11.1 Å². The molecule has 1 fully saturated rings. The largest absolute Gasteiger partial charge is 0.395 e. The maximum atomic E-state index is 8.81. The Hall–Kier alpha value is -2.26. The minimum absolute atomic E-state index is 0.112. The first-order valence-corrected chi connectivity index (χ1v) is 10.1. The lowest BCUT2D eigenvalue weighted by Crippen LogP contribution is -2.47. The first-order chi connectivity index (χ1) is 13.7. The molecule has 2 aromatic rings. The molecule has 1 aromatic carbocycles. The van der Waals surface area contributed by atoms with Crippen molar-refractivity contribution in [2.24, 2.45) is 0 Å². The fourth-order valence-electron chi connectivity index (χ4n) is 4.12. The predicted octanol–water partition coefficient (Wildman–Crippen LogP) is 2.58. The number of nitrogens with zero attached hydrogens (tertiary/aromatic N) is 3. The number of fused-ring (bicyclic) bond motifs is 2. The lowest BCUT2D eigenvalue weighted by molar-refractivity contribution is -0.102. The lowest BCUT2D eigenvalue weighted by Gasteiger charge is -2.44. The van der Waals surface area contributed by atoms with Gasteiger partial charge in [0.05, 0.1) is 18.9 Å². The molecule has 4 rings (SSSR count). The van der Waals surface area contributed by atoms with Crippen molar-refractivity contribution in [1.29, 1.82) is 0 Å². The van der Waals surface area contributed by atoms with Crippen molar-refractivity contribution in [2.75, 3.05) is 26.3 Å². The Labute approximate surface area is 166 Å². The highest BCUT2D eigenvalue weighted by molar-refractivity contribution is 5.36. The van der Waals surface area contributed by atoms with E-state index in [9.17, 15) is 0 Å². The van der Waals surface area contributed by atoms with Gasteiger partial charge in [-0.3, -0.25) is 4.90 Å². The molecule has 0 atom stereocenters. The summed E-state index contributed by atoms with van der Waals surface area (Å²) in [5, 5.41) is 8.81. The van der Waals surface area contributed by atoms with E-state index < -0.39 is 0 Å². The predicted molar refractivity (Wildman–Crippen MR) is 108 cm³/mol. The Bertz CT molecular complexity index is 875. The molecule has 0 amide bonds. The number of aliphatic hydroxyl groups excluding tert-OH is 1. The second-order valence-corrected chi connectivity index (χ2v) is 7.63. The molecule has 1 spiro atoms. The van der Waals surface area contributed by atoms with Crippen molar-refractivity contribution in [3.63, 3.8) is 0 Å². The number of benzene rings is 1. The number of aryl methyl sites for hydroxylation is 1. The van der Waals surface area contributed by atoms with Gasteiger partial charge >= 0.3 is 0 Å². The Morgan fingerprint density at radius 1 is 1.21 bits per heavy atom. The molecule has 0 unspecified atom stereocenters. The van der Waals surface area contributed by atoms with Crippen LogP contribution in [-0.4, -0.2) is 46.3 Å². The normalized spacial score (nSPS) is 18.4. The summed E-state index contributed by atoms with van der Waals surface area (Å²) in [5.41, 5.74) is 4.44. The minimum atomic E-state index is -0.232. The number of hydrogen-bond acceptors (Lipinski definition) is 5. The van der Waals surface area contributed by atoms with Crippen LogP contribution < -0.4 is 0 Å². The molecule has 0 radical (unpaired) electrons. The number of likely N-dealkylation sites (tertiary alicyclic amines) is 1. The van der Waals surface area contributed by atoms with Crippen LogP contribution in [0.25, 0.3) is 0 Å². The van der Waals surface area contributed by atoms with Gasteiger partial charge in [0.1, 0.15) is 11.4 Å². The molecule has 1 saturated heterocycles. The number of rotatable bonds is 3. The summed E-state index contributed by atoms with van der Waals surface area (Å²) < 4.78 is 6.30. The van der Waals surface area contributed by atoms with Gasteiger partial charge in [0, 0.05) is 37.8 Å². The zero-order valence-electron chi connectivity index (χ0n) is 16.4. The molecule has 0 bridgehead atoms. The average molecular weight is 377 g/mol. The highest BCUT2D eigenvalue weighted by Gasteiger charge is 2.42. The van der Waals surface area contributed by atoms with Crippen LogP contribution in [0.4, 0.5) is 0 Å². The zero-order valence-corrected chi connectivity index (χ0v) is 16.4. The Balaban J connectivity index is 1.39. The zero-order chi connectivity index (χ0) is 19.4. The maximum absolute atomic E-state index is 8.81. The summed E-state index contributed by atoms with van der Waals surface area (Å²) in [6.07, 6.45) is 5.36. The molecule has 2 aliphatic heterocycles. The van der Waals surface area contributed by atoms with Gasteiger partial charge in [-0.1, -0.05) is 24.0 Å². The Kier molecular flexibility index (Phi) is 5.72. The summed E-state index contributed by atoms with van der Waals surface area (Å²) in [5.74, 6) is 6.87. The van der Waals surface area contributed by atoms with Crippen LogP contribution in [0.2, 0.25) is 0 Å². The van der Waals surface area contributed by atoms with Crippen molar-refractivity contribution < 1.29 is 9.84 Å². The van der Waals surface area contributed by atoms with Crippen molar-refractivity contribution in [3.05, 3.63) is 58.7 Å². The molecule has 5 nitrogen and oxygen atoms in total. The SMILES string of the molecule is Cc1ncc2c(n1)C1(CCN(Cc3ccc(C#CCCO)cc3)CC1)OCC2. The summed E-state index contributed by atoms with van der Waals surface area (Å²) in [4.78, 5) is 11.6. The number of aliphatic hydroxyl groups is 1. The second-order valence-electron chi connectivity index (χ2n) is 7.63. The van der Waals surface area contributed by atoms with Crippen LogP contribution in [0.15, 0.2) is 30.5 Å². The van der Waals surface area contributed by atoms with E-state index in [1.54, 1.807) is 0 Å². The Morgan fingerprint density at radius 2 is 2.00 bits per heavy atom. The molecular weight excluding hydrogens is 350 g/mol. The van der Waals surface area contributed by atoms with E-state index in [-0.39, 0.29) is 12.2 Å². The van der Waals surface area contributed by atoms with E-state index in [2.05, 4.69) is 46.0 Å². The van der Waals surface area contributed by atoms with Gasteiger partial charge in [-0.05, 0) is 49.4 Å². The summed E-state index contributed by atoms with van der Waals surface area (Å²) >= 11 is 0. The molecule has 0 saturated carbocycles. The van der Waals surface area contributed by atoms with Crippen LogP contribution in [0.5, 0.6) is 0 Å². The summed E-state index contributed by atoms with van der Waals surface area (Å²) in [7, 11) is 0. The van der Waals surface area contributed by atoms with Crippen LogP contribution in [0.3, 0.4) is 0 Å². The second kappa shape index (κ2) is 8.40. The van der Waals surface area contributed by atoms with E-state index in [0.29, 0.717) is 6.42 Å². The van der Waals surface area contributed by atoms with Gasteiger partial charge in [-0.25, -0.2) is 9.97 Å². The number of aromatic nitrogens is 2. The van der Waals surface area contributed by atoms with Crippen LogP contribution in [0, 0.1) is 18.8 Å². The molecule has 1 aromatic heterocycles. The first-order valence-electron chi connectivity index (χ1n) is 10.1. The average Bonchev–Trinajstić information content (AvgIpc) is 2.72. The standard InChI is InChI=1S/C23H27N3O2/c1-18-24-16-21-9-15-28-23(22(21)25-18)10-12-26(13-11-23)17-20-7-5-19(6-8-20)4-2-3-14-27/h5-8,16,27H,3,9-15,17H2,1H3. The highest BCUT2D eigenvalue weighted by Crippen LogP contribution is 2.40. The third-order valence-corrected chi connectivity index (χ3v) is 5.66. The fourth-order valence-corrected chi connectivity index (χ4v) is 4.12. The van der Waals surface area contributed by atoms with E-state index >= 15 is 0 Å². The van der Waals surface area contributed by atoms with Crippen molar-refractivity contribution in [1.82, 2.24) is 14.9 Å². The van der Waals surface area contributed by atoms with Crippen LogP contribution >= 0.6 is 0 Å². The molecule has 5 heteroatoms. The lowest BCUT2D eigenvalue weighted by atomic mass is 9.83. The van der Waals surface area contributed by atoms with Crippen LogP contribution in [0.1, 0.15) is 47.5 Å². The van der Waals surface area contributed by atoms with Gasteiger partial charge < -0.3 is 9.84 Å². The third kappa shape index (κ3) is 4.10. The number of hydrogen-bond donors (Lipinski definition) is 1. The van der Waals surface area contributed by atoms with Crippen molar-refractivity contribution in [2.45, 2.75) is 44.8 Å². The van der Waals surface area contributed by atoms with Gasteiger partial charge in [-0.2, -0.15) is 0 Å². The van der Waals surface area contributed by atoms with Gasteiger partial charge in [-0.15, -0.1) is 0 Å². The fraction of sp³-hybridized carbons (Fsp3) is 0.478. The monoisotopic (exact) mass is 377 g/mol. The quantitative estimate of drug-likeness (QED) is 0.833. The van der Waals surface area contributed by atoms with Gasteiger partial charge in [0.25, 0.3) is 0 Å². The summed E-state index contributed by atoms with van der Waals surface area (Å²) in [6.45, 7) is 5.77. The minimum Gasteiger partial charge on any atom is -0.395 e. The van der Waals surface area contributed by atoms with Gasteiger partial charge in [0.2, 0.25) is 0 Å². The number of piperidine rings is 1. The number of ether oxygens (including phenoxy) is 1. The molecular formula is C23H27N3O2. The van der Waals surface area contributed by atoms with E-state index in [1.807, 2.05) is 13.1 Å².